The lowest BCUT2D eigenvalue weighted by Crippen LogP contribution is -2.33. The van der Waals surface area contributed by atoms with Gasteiger partial charge in [-0.3, -0.25) is 4.79 Å². The highest BCUT2D eigenvalue weighted by molar-refractivity contribution is 5.99. The van der Waals surface area contributed by atoms with Crippen LogP contribution in [-0.4, -0.2) is 53.5 Å². The van der Waals surface area contributed by atoms with Crippen molar-refractivity contribution in [1.82, 2.24) is 20.2 Å². The first-order valence-electron chi connectivity index (χ1n) is 11.8. The van der Waals surface area contributed by atoms with Crippen LogP contribution in [0.1, 0.15) is 42.1 Å². The quantitative estimate of drug-likeness (QED) is 0.541. The number of benzene rings is 2. The number of nitrogens with one attached hydrogen (secondary N) is 1. The van der Waals surface area contributed by atoms with Gasteiger partial charge in [0.2, 0.25) is 0 Å². The van der Waals surface area contributed by atoms with Crippen LogP contribution >= 0.6 is 0 Å². The molecule has 0 radical (unpaired) electrons. The zero-order valence-electron chi connectivity index (χ0n) is 19.8. The van der Waals surface area contributed by atoms with E-state index in [9.17, 15) is 4.79 Å². The van der Waals surface area contributed by atoms with Gasteiger partial charge in [-0.25, -0.2) is 9.97 Å². The minimum absolute atomic E-state index is 0.128. The summed E-state index contributed by atoms with van der Waals surface area (Å²) in [5.41, 5.74) is 3.60. The van der Waals surface area contributed by atoms with Gasteiger partial charge in [-0.05, 0) is 64.4 Å². The van der Waals surface area contributed by atoms with Crippen LogP contribution in [0.15, 0.2) is 60.8 Å². The molecule has 33 heavy (non-hydrogen) atoms. The Labute approximate surface area is 196 Å². The van der Waals surface area contributed by atoms with Crippen molar-refractivity contribution in [3.05, 3.63) is 71.9 Å². The molecule has 0 aliphatic carbocycles. The fourth-order valence-electron chi connectivity index (χ4n) is 4.51. The third-order valence-corrected chi connectivity index (χ3v) is 6.37. The summed E-state index contributed by atoms with van der Waals surface area (Å²) in [5.74, 6) is 1.12. The van der Waals surface area contributed by atoms with Crippen molar-refractivity contribution >= 4 is 17.4 Å². The molecule has 6 nitrogen and oxygen atoms in total. The Hall–Kier alpha value is -3.25. The van der Waals surface area contributed by atoms with Gasteiger partial charge in [-0.15, -0.1) is 0 Å². The molecular formula is C27H33N5O. The number of anilines is 2. The van der Waals surface area contributed by atoms with Crippen LogP contribution in [-0.2, 0) is 0 Å². The molecule has 172 valence electrons. The summed E-state index contributed by atoms with van der Waals surface area (Å²) in [6, 6.07) is 18.7. The van der Waals surface area contributed by atoms with E-state index in [1.165, 1.54) is 12.8 Å². The Balaban J connectivity index is 1.64. The van der Waals surface area contributed by atoms with E-state index in [1.54, 1.807) is 6.20 Å². The van der Waals surface area contributed by atoms with Crippen LogP contribution < -0.4 is 10.2 Å². The van der Waals surface area contributed by atoms with Crippen LogP contribution in [0.2, 0.25) is 0 Å². The summed E-state index contributed by atoms with van der Waals surface area (Å²) >= 11 is 0. The fourth-order valence-corrected chi connectivity index (χ4v) is 4.51. The topological polar surface area (TPSA) is 61.4 Å². The van der Waals surface area contributed by atoms with Crippen molar-refractivity contribution in [2.45, 2.75) is 39.2 Å². The number of carbonyl (C=O) groups is 1. The summed E-state index contributed by atoms with van der Waals surface area (Å²) in [7, 11) is 2.16. The lowest BCUT2D eigenvalue weighted by atomic mass is 10.1. The van der Waals surface area contributed by atoms with E-state index < -0.39 is 0 Å². The number of likely N-dealkylation sites (tertiary alicyclic amines) is 1. The van der Waals surface area contributed by atoms with Crippen LogP contribution in [0.3, 0.4) is 0 Å². The summed E-state index contributed by atoms with van der Waals surface area (Å²) in [6.45, 7) is 6.61. The second-order valence-corrected chi connectivity index (χ2v) is 8.70. The van der Waals surface area contributed by atoms with Crippen molar-refractivity contribution in [2.24, 2.45) is 0 Å². The second kappa shape index (κ2) is 10.6. The molecule has 1 aromatic heterocycles. The SMILES string of the molecule is CCN(c1cccc(C)c1)c1nc(-c2ccccc2)ncc1C(=O)NCC[C@H]1CCCN1C. The van der Waals surface area contributed by atoms with Crippen LogP contribution in [0.4, 0.5) is 11.5 Å². The highest BCUT2D eigenvalue weighted by atomic mass is 16.1. The third-order valence-electron chi connectivity index (χ3n) is 6.37. The number of amides is 1. The van der Waals surface area contributed by atoms with Gasteiger partial charge in [0.25, 0.3) is 5.91 Å². The number of aryl methyl sites for hydroxylation is 1. The zero-order valence-corrected chi connectivity index (χ0v) is 19.8. The predicted octanol–water partition coefficient (Wildman–Crippen LogP) is 4.82. The van der Waals surface area contributed by atoms with E-state index in [0.29, 0.717) is 36.3 Å². The average Bonchev–Trinajstić information content (AvgIpc) is 3.24. The van der Waals surface area contributed by atoms with Crippen molar-refractivity contribution in [2.75, 3.05) is 31.6 Å². The first kappa shape index (κ1) is 22.9. The van der Waals surface area contributed by atoms with Gasteiger partial charge in [-0.1, -0.05) is 42.5 Å². The Morgan fingerprint density at radius 1 is 1.18 bits per heavy atom. The molecule has 2 heterocycles. The standard InChI is InChI=1S/C27H33N5O/c1-4-32(23-13-8-10-20(2)18-23)26-24(19-29-25(30-26)21-11-6-5-7-12-21)27(33)28-16-15-22-14-9-17-31(22)3/h5-8,10-13,18-19,22H,4,9,14-17H2,1-3H3,(H,28,33)/t22-/m1/s1. The molecule has 1 amide bonds. The van der Waals surface area contributed by atoms with Gasteiger partial charge in [0.1, 0.15) is 11.4 Å². The Bertz CT molecular complexity index is 1080. The number of hydrogen-bond acceptors (Lipinski definition) is 5. The summed E-state index contributed by atoms with van der Waals surface area (Å²) in [6.07, 6.45) is 5.05. The van der Waals surface area contributed by atoms with Crippen LogP contribution in [0.5, 0.6) is 0 Å². The molecule has 2 aromatic carbocycles. The monoisotopic (exact) mass is 443 g/mol. The van der Waals surface area contributed by atoms with Gasteiger partial charge in [0, 0.05) is 36.6 Å². The molecule has 0 bridgehead atoms. The maximum atomic E-state index is 13.3. The largest absolute Gasteiger partial charge is 0.352 e. The first-order chi connectivity index (χ1) is 16.1. The molecule has 1 fully saturated rings. The molecular weight excluding hydrogens is 410 g/mol. The molecule has 0 unspecified atom stereocenters. The van der Waals surface area contributed by atoms with Gasteiger partial charge in [-0.2, -0.15) is 0 Å². The zero-order chi connectivity index (χ0) is 23.2. The van der Waals surface area contributed by atoms with E-state index in [-0.39, 0.29) is 5.91 Å². The smallest absolute Gasteiger partial charge is 0.256 e. The molecule has 1 atom stereocenters. The molecule has 0 spiro atoms. The maximum Gasteiger partial charge on any atom is 0.256 e. The van der Waals surface area contributed by atoms with E-state index in [1.807, 2.05) is 36.4 Å². The normalized spacial score (nSPS) is 16.0. The van der Waals surface area contributed by atoms with E-state index in [2.05, 4.69) is 59.2 Å². The van der Waals surface area contributed by atoms with Gasteiger partial charge in [0.15, 0.2) is 5.82 Å². The Morgan fingerprint density at radius 3 is 2.70 bits per heavy atom. The molecule has 3 aromatic rings. The van der Waals surface area contributed by atoms with Crippen LogP contribution in [0, 0.1) is 6.92 Å². The highest BCUT2D eigenvalue weighted by Crippen LogP contribution is 2.29. The second-order valence-electron chi connectivity index (χ2n) is 8.70. The molecule has 4 rings (SSSR count). The number of nitrogens with zero attached hydrogens (tertiary/aromatic N) is 4. The van der Waals surface area contributed by atoms with E-state index in [4.69, 9.17) is 4.98 Å². The van der Waals surface area contributed by atoms with Gasteiger partial charge < -0.3 is 15.1 Å². The minimum atomic E-state index is -0.128. The molecule has 0 saturated carbocycles. The van der Waals surface area contributed by atoms with Gasteiger partial charge >= 0.3 is 0 Å². The molecule has 1 aliphatic heterocycles. The summed E-state index contributed by atoms with van der Waals surface area (Å²) < 4.78 is 0. The van der Waals surface area contributed by atoms with Crippen molar-refractivity contribution in [3.8, 4) is 11.4 Å². The minimum Gasteiger partial charge on any atom is -0.352 e. The third kappa shape index (κ3) is 5.40. The molecule has 1 aliphatic rings. The van der Waals surface area contributed by atoms with Gasteiger partial charge in [0.05, 0.1) is 0 Å². The molecule has 1 N–H and O–H groups in total. The predicted molar refractivity (Wildman–Crippen MR) is 134 cm³/mol. The summed E-state index contributed by atoms with van der Waals surface area (Å²) in [4.78, 5) is 27.2. The number of hydrogen-bond donors (Lipinski definition) is 1. The maximum absolute atomic E-state index is 13.3. The lowest BCUT2D eigenvalue weighted by Gasteiger charge is -2.25. The lowest BCUT2D eigenvalue weighted by molar-refractivity contribution is 0.0950. The first-order valence-corrected chi connectivity index (χ1v) is 11.8. The fraction of sp³-hybridized carbons (Fsp3) is 0.370. The van der Waals surface area contributed by atoms with Crippen molar-refractivity contribution < 1.29 is 4.79 Å². The number of aromatic nitrogens is 2. The number of rotatable bonds is 8. The Kier molecular flexibility index (Phi) is 7.35. The average molecular weight is 444 g/mol. The van der Waals surface area contributed by atoms with Crippen LogP contribution in [0.25, 0.3) is 11.4 Å². The Morgan fingerprint density at radius 2 is 2.00 bits per heavy atom. The van der Waals surface area contributed by atoms with E-state index in [0.717, 1.165) is 29.8 Å². The number of carbonyl (C=O) groups excluding carboxylic acids is 1. The van der Waals surface area contributed by atoms with Crippen molar-refractivity contribution in [1.29, 1.82) is 0 Å². The molecule has 6 heteroatoms. The highest BCUT2D eigenvalue weighted by Gasteiger charge is 2.23. The molecule has 1 saturated heterocycles. The summed E-state index contributed by atoms with van der Waals surface area (Å²) in [5, 5.41) is 3.12. The van der Waals surface area contributed by atoms with E-state index >= 15 is 0 Å². The van der Waals surface area contributed by atoms with Crippen molar-refractivity contribution in [3.63, 3.8) is 0 Å².